The number of aryl methyl sites for hydroxylation is 1. The van der Waals surface area contributed by atoms with E-state index in [-0.39, 0.29) is 17.7 Å². The molecule has 22 heavy (non-hydrogen) atoms. The van der Waals surface area contributed by atoms with Crippen molar-refractivity contribution < 1.29 is 14.6 Å². The monoisotopic (exact) mass is 303 g/mol. The first-order chi connectivity index (χ1) is 10.4. The van der Waals surface area contributed by atoms with Crippen molar-refractivity contribution in [3.8, 4) is 5.75 Å². The number of rotatable bonds is 2. The van der Waals surface area contributed by atoms with Crippen molar-refractivity contribution in [1.82, 2.24) is 4.90 Å². The number of nitrogens with zero attached hydrogens (tertiary/aromatic N) is 1. The van der Waals surface area contributed by atoms with Crippen LogP contribution in [0.2, 0.25) is 0 Å². The summed E-state index contributed by atoms with van der Waals surface area (Å²) in [6.07, 6.45) is 1.96. The molecule has 2 heterocycles. The highest BCUT2D eigenvalue weighted by atomic mass is 16.5. The number of aliphatic hydroxyl groups is 1. The van der Waals surface area contributed by atoms with Crippen molar-refractivity contribution in [2.75, 3.05) is 19.7 Å². The molecule has 0 aliphatic carbocycles. The number of likely N-dealkylation sites (tertiary alicyclic amines) is 1. The summed E-state index contributed by atoms with van der Waals surface area (Å²) in [7, 11) is 0. The van der Waals surface area contributed by atoms with Crippen LogP contribution < -0.4 is 4.74 Å². The zero-order valence-corrected chi connectivity index (χ0v) is 13.6. The highest BCUT2D eigenvalue weighted by Gasteiger charge is 2.46. The van der Waals surface area contributed by atoms with E-state index in [2.05, 4.69) is 0 Å². The fourth-order valence-corrected chi connectivity index (χ4v) is 3.60. The van der Waals surface area contributed by atoms with Gasteiger partial charge < -0.3 is 14.7 Å². The molecule has 1 amide bonds. The maximum absolute atomic E-state index is 12.8. The lowest BCUT2D eigenvalue weighted by atomic mass is 9.82. The van der Waals surface area contributed by atoms with Crippen LogP contribution in [-0.2, 0) is 6.42 Å². The maximum atomic E-state index is 12.8. The molecule has 120 valence electrons. The molecule has 0 radical (unpaired) electrons. The first-order valence-electron chi connectivity index (χ1n) is 8.19. The largest absolute Gasteiger partial charge is 0.493 e. The zero-order valence-electron chi connectivity index (χ0n) is 13.6. The van der Waals surface area contributed by atoms with Crippen LogP contribution in [0.25, 0.3) is 0 Å². The van der Waals surface area contributed by atoms with E-state index in [1.165, 1.54) is 0 Å². The Morgan fingerprint density at radius 2 is 2.23 bits per heavy atom. The normalized spacial score (nSPS) is 27.7. The van der Waals surface area contributed by atoms with Crippen molar-refractivity contribution in [2.24, 2.45) is 11.8 Å². The second-order valence-electron chi connectivity index (χ2n) is 7.01. The number of hydrogen-bond donors (Lipinski definition) is 1. The van der Waals surface area contributed by atoms with Crippen LogP contribution in [0, 0.1) is 11.8 Å². The standard InChI is InChI=1S/C18H25NO3/c1-12(2)18(21)11-19(10-13(18)3)17(20)15-6-7-16-14(9-15)5-4-8-22-16/h6-7,9,12-13,21H,4-5,8,10-11H2,1-3H3/t13-,18-/m1/s1. The van der Waals surface area contributed by atoms with E-state index in [1.807, 2.05) is 39.0 Å². The first kappa shape index (κ1) is 15.3. The van der Waals surface area contributed by atoms with E-state index in [4.69, 9.17) is 4.74 Å². The molecular weight excluding hydrogens is 278 g/mol. The topological polar surface area (TPSA) is 49.8 Å². The smallest absolute Gasteiger partial charge is 0.253 e. The number of amides is 1. The number of carbonyl (C=O) groups is 1. The van der Waals surface area contributed by atoms with Crippen molar-refractivity contribution in [1.29, 1.82) is 0 Å². The van der Waals surface area contributed by atoms with Gasteiger partial charge in [-0.25, -0.2) is 0 Å². The average molecular weight is 303 g/mol. The summed E-state index contributed by atoms with van der Waals surface area (Å²) in [5, 5.41) is 10.8. The quantitative estimate of drug-likeness (QED) is 0.913. The summed E-state index contributed by atoms with van der Waals surface area (Å²) < 4.78 is 5.60. The maximum Gasteiger partial charge on any atom is 0.253 e. The Bertz CT molecular complexity index is 584. The molecule has 0 saturated carbocycles. The fourth-order valence-electron chi connectivity index (χ4n) is 3.60. The molecule has 3 rings (SSSR count). The fraction of sp³-hybridized carbons (Fsp3) is 0.611. The van der Waals surface area contributed by atoms with Gasteiger partial charge in [0.25, 0.3) is 5.91 Å². The number of β-amino-alcohol motifs (C(OH)–C–C–N with tert-alkyl or cyclic N) is 1. The molecule has 0 spiro atoms. The van der Waals surface area contributed by atoms with Gasteiger partial charge in [-0.1, -0.05) is 20.8 Å². The third-order valence-electron chi connectivity index (χ3n) is 5.23. The van der Waals surface area contributed by atoms with E-state index in [9.17, 15) is 9.90 Å². The predicted molar refractivity (Wildman–Crippen MR) is 85.1 cm³/mol. The van der Waals surface area contributed by atoms with Gasteiger partial charge in [-0.15, -0.1) is 0 Å². The van der Waals surface area contributed by atoms with Crippen molar-refractivity contribution in [3.63, 3.8) is 0 Å². The third-order valence-corrected chi connectivity index (χ3v) is 5.23. The second kappa shape index (κ2) is 5.58. The van der Waals surface area contributed by atoms with E-state index in [1.54, 1.807) is 4.90 Å². The van der Waals surface area contributed by atoms with E-state index < -0.39 is 5.60 Å². The highest BCUT2D eigenvalue weighted by molar-refractivity contribution is 5.95. The summed E-state index contributed by atoms with van der Waals surface area (Å²) in [6.45, 7) is 7.83. The number of ether oxygens (including phenoxy) is 1. The molecule has 4 nitrogen and oxygen atoms in total. The summed E-state index contributed by atoms with van der Waals surface area (Å²) in [5.74, 6) is 1.14. The van der Waals surface area contributed by atoms with Crippen molar-refractivity contribution in [3.05, 3.63) is 29.3 Å². The predicted octanol–water partition coefficient (Wildman–Crippen LogP) is 2.49. The highest BCUT2D eigenvalue weighted by Crippen LogP contribution is 2.35. The molecule has 4 heteroatoms. The summed E-state index contributed by atoms with van der Waals surface area (Å²) in [5.41, 5.74) is 1.03. The minimum absolute atomic E-state index is 0.0109. The lowest BCUT2D eigenvalue weighted by Crippen LogP contribution is -2.43. The number of benzene rings is 1. The molecule has 1 aromatic carbocycles. The Morgan fingerprint density at radius 3 is 2.91 bits per heavy atom. The van der Waals surface area contributed by atoms with E-state index >= 15 is 0 Å². The molecule has 0 aromatic heterocycles. The van der Waals surface area contributed by atoms with Crippen LogP contribution in [-0.4, -0.2) is 41.2 Å². The summed E-state index contributed by atoms with van der Waals surface area (Å²) >= 11 is 0. The van der Waals surface area contributed by atoms with Gasteiger partial charge in [-0.3, -0.25) is 4.79 Å². The van der Waals surface area contributed by atoms with Crippen LogP contribution in [0.1, 0.15) is 43.1 Å². The Balaban J connectivity index is 1.80. The molecule has 1 aromatic rings. The Kier molecular flexibility index (Phi) is 3.89. The molecule has 0 unspecified atom stereocenters. The molecule has 2 atom stereocenters. The van der Waals surface area contributed by atoms with Crippen LogP contribution in [0.3, 0.4) is 0 Å². The zero-order chi connectivity index (χ0) is 15.9. The lowest BCUT2D eigenvalue weighted by molar-refractivity contribution is -0.0243. The Labute approximate surface area is 132 Å². The number of carbonyl (C=O) groups excluding carboxylic acids is 1. The molecule has 1 fully saturated rings. The van der Waals surface area contributed by atoms with Gasteiger partial charge in [0.1, 0.15) is 5.75 Å². The number of hydrogen-bond acceptors (Lipinski definition) is 3. The lowest BCUT2D eigenvalue weighted by Gasteiger charge is -2.31. The van der Waals surface area contributed by atoms with Crippen molar-refractivity contribution in [2.45, 2.75) is 39.2 Å². The van der Waals surface area contributed by atoms with Crippen LogP contribution in [0.15, 0.2) is 18.2 Å². The number of fused-ring (bicyclic) bond motifs is 1. The van der Waals surface area contributed by atoms with Crippen molar-refractivity contribution >= 4 is 5.91 Å². The Morgan fingerprint density at radius 1 is 1.45 bits per heavy atom. The van der Waals surface area contributed by atoms with Gasteiger partial charge in [0.15, 0.2) is 0 Å². The molecule has 1 N–H and O–H groups in total. The third kappa shape index (κ3) is 2.50. The molecule has 1 saturated heterocycles. The van der Waals surface area contributed by atoms with E-state index in [0.717, 1.165) is 30.8 Å². The van der Waals surface area contributed by atoms with Gasteiger partial charge in [-0.05, 0) is 42.5 Å². The minimum atomic E-state index is -0.785. The molecular formula is C18H25NO3. The van der Waals surface area contributed by atoms with Crippen LogP contribution in [0.5, 0.6) is 5.75 Å². The second-order valence-corrected chi connectivity index (χ2v) is 7.01. The van der Waals surface area contributed by atoms with Gasteiger partial charge in [-0.2, -0.15) is 0 Å². The summed E-state index contributed by atoms with van der Waals surface area (Å²) in [4.78, 5) is 14.6. The van der Waals surface area contributed by atoms with E-state index in [0.29, 0.717) is 18.7 Å². The van der Waals surface area contributed by atoms with Gasteiger partial charge in [0.05, 0.1) is 18.8 Å². The molecule has 2 aliphatic heterocycles. The first-order valence-corrected chi connectivity index (χ1v) is 8.19. The molecule has 2 aliphatic rings. The van der Waals surface area contributed by atoms with Crippen LogP contribution in [0.4, 0.5) is 0 Å². The average Bonchev–Trinajstić information content (AvgIpc) is 2.83. The molecule has 0 bridgehead atoms. The Hall–Kier alpha value is -1.55. The van der Waals surface area contributed by atoms with Gasteiger partial charge >= 0.3 is 0 Å². The van der Waals surface area contributed by atoms with Gasteiger partial charge in [0.2, 0.25) is 0 Å². The van der Waals surface area contributed by atoms with Crippen LogP contribution >= 0.6 is 0 Å². The SMILES string of the molecule is CC(C)[C@]1(O)CN(C(=O)c2ccc3c(c2)CCCO3)C[C@H]1C. The van der Waals surface area contributed by atoms with Gasteiger partial charge in [0, 0.05) is 18.0 Å². The minimum Gasteiger partial charge on any atom is -0.493 e. The summed E-state index contributed by atoms with van der Waals surface area (Å²) in [6, 6.07) is 5.69.